The van der Waals surface area contributed by atoms with E-state index in [9.17, 15) is 19.5 Å². The van der Waals surface area contributed by atoms with Gasteiger partial charge in [0.25, 0.3) is 5.91 Å². The van der Waals surface area contributed by atoms with Gasteiger partial charge in [-0.1, -0.05) is 13.8 Å². The minimum Gasteiger partial charge on any atom is -0.337 e. The number of epoxide rings is 1. The molecule has 18 heavy (non-hydrogen) atoms. The number of ether oxygens (including phenoxy) is 1. The number of imide groups is 2. The summed E-state index contributed by atoms with van der Waals surface area (Å²) in [6, 6.07) is -1.83. The third kappa shape index (κ3) is 1.11. The van der Waals surface area contributed by atoms with Gasteiger partial charge in [0.1, 0.15) is 6.04 Å². The Morgan fingerprint density at radius 2 is 2.11 bits per heavy atom. The fraction of sp³-hybridized carbons (Fsp3) is 0.667. The molecular weight excluding hydrogens is 248 g/mol. The van der Waals surface area contributed by atoms with Crippen LogP contribution in [-0.4, -0.2) is 45.7 Å². The number of carbonyl (C=O) groups excluding carboxylic acids is 3. The minimum atomic E-state index is -2.14. The first kappa shape index (κ1) is 11.5. The number of nitrogens with one attached hydrogen (secondary N) is 1. The van der Waals surface area contributed by atoms with Crippen LogP contribution in [0.5, 0.6) is 0 Å². The number of nitrogens with zero attached hydrogens (tertiary/aromatic N) is 1. The molecule has 3 heterocycles. The molecule has 0 aliphatic carbocycles. The zero-order valence-electron chi connectivity index (χ0n) is 9.50. The second-order valence-electron chi connectivity index (χ2n) is 4.63. The molecule has 9 heteroatoms. The van der Waals surface area contributed by atoms with Crippen LogP contribution >= 0.6 is 0 Å². The average molecular weight is 258 g/mol. The number of amides is 4. The van der Waals surface area contributed by atoms with Crippen LogP contribution in [0.1, 0.15) is 13.8 Å². The Labute approximate surface area is 100 Å². The van der Waals surface area contributed by atoms with Crippen molar-refractivity contribution in [1.82, 2.24) is 10.2 Å². The molecule has 4 amide bonds. The lowest BCUT2D eigenvalue weighted by Crippen LogP contribution is -2.57. The number of carbonyl (C=O) groups is 3. The van der Waals surface area contributed by atoms with Crippen molar-refractivity contribution in [3.8, 4) is 0 Å². The van der Waals surface area contributed by atoms with Crippen molar-refractivity contribution in [2.75, 3.05) is 0 Å². The smallest absolute Gasteiger partial charge is 0.337 e. The standard InChI is InChI=1S/C9H10N2O7/c1-3(2)4-5(12)10-7(14)11(4)6(13)8-9(15,16-8)18-17-8/h3-4,15H,1-2H3,(H,10,12,14). The summed E-state index contributed by atoms with van der Waals surface area (Å²) in [6.07, 6.45) is 0. The summed E-state index contributed by atoms with van der Waals surface area (Å²) >= 11 is 0. The lowest BCUT2D eigenvalue weighted by molar-refractivity contribution is -0.502. The van der Waals surface area contributed by atoms with Gasteiger partial charge in [0.2, 0.25) is 0 Å². The third-order valence-corrected chi connectivity index (χ3v) is 3.06. The lowest BCUT2D eigenvalue weighted by Gasteiger charge is -2.28. The Morgan fingerprint density at radius 1 is 1.44 bits per heavy atom. The molecule has 0 saturated carbocycles. The molecular formula is C9H10N2O7. The number of hydrogen-bond acceptors (Lipinski definition) is 7. The first-order valence-electron chi connectivity index (χ1n) is 5.30. The fourth-order valence-corrected chi connectivity index (χ4v) is 2.07. The summed E-state index contributed by atoms with van der Waals surface area (Å²) in [5.41, 5.74) is 0. The van der Waals surface area contributed by atoms with Gasteiger partial charge in [0, 0.05) is 0 Å². The van der Waals surface area contributed by atoms with Crippen LogP contribution in [-0.2, 0) is 24.1 Å². The number of urea groups is 1. The van der Waals surface area contributed by atoms with Crippen molar-refractivity contribution in [2.45, 2.75) is 31.6 Å². The van der Waals surface area contributed by atoms with Crippen LogP contribution in [0.25, 0.3) is 0 Å². The van der Waals surface area contributed by atoms with E-state index in [-0.39, 0.29) is 5.92 Å². The molecule has 2 N–H and O–H groups in total. The third-order valence-electron chi connectivity index (χ3n) is 3.06. The Bertz CT molecular complexity index is 478. The van der Waals surface area contributed by atoms with Gasteiger partial charge in [-0.15, -0.1) is 0 Å². The maximum atomic E-state index is 12.1. The van der Waals surface area contributed by atoms with E-state index in [4.69, 9.17) is 0 Å². The topological polar surface area (TPSA) is 118 Å². The molecule has 98 valence electrons. The van der Waals surface area contributed by atoms with Crippen LogP contribution in [0.3, 0.4) is 0 Å². The van der Waals surface area contributed by atoms with Crippen LogP contribution in [0.15, 0.2) is 0 Å². The van der Waals surface area contributed by atoms with Crippen LogP contribution in [0, 0.1) is 5.92 Å². The highest BCUT2D eigenvalue weighted by molar-refractivity contribution is 6.13. The summed E-state index contributed by atoms with van der Waals surface area (Å²) in [6.45, 7) is 3.36. The maximum absolute atomic E-state index is 12.1. The Kier molecular flexibility index (Phi) is 1.96. The summed E-state index contributed by atoms with van der Waals surface area (Å²) in [5.74, 6) is -5.98. The normalized spacial score (nSPS) is 41.6. The van der Waals surface area contributed by atoms with Crippen molar-refractivity contribution < 1.29 is 34.0 Å². The molecule has 3 aliphatic rings. The van der Waals surface area contributed by atoms with Gasteiger partial charge in [0.05, 0.1) is 0 Å². The minimum absolute atomic E-state index is 0.287. The van der Waals surface area contributed by atoms with Crippen molar-refractivity contribution in [3.05, 3.63) is 0 Å². The highest BCUT2D eigenvalue weighted by Gasteiger charge is 2.91. The highest BCUT2D eigenvalue weighted by atomic mass is 17.4. The second-order valence-corrected chi connectivity index (χ2v) is 4.63. The molecule has 0 aromatic rings. The summed E-state index contributed by atoms with van der Waals surface area (Å²) in [5, 5.41) is 11.4. The number of rotatable bonds is 2. The molecule has 0 aromatic carbocycles. The van der Waals surface area contributed by atoms with Gasteiger partial charge in [0.15, 0.2) is 0 Å². The van der Waals surface area contributed by atoms with E-state index >= 15 is 0 Å². The van der Waals surface area contributed by atoms with E-state index in [0.717, 1.165) is 0 Å². The Hall–Kier alpha value is -1.55. The van der Waals surface area contributed by atoms with Crippen LogP contribution in [0.4, 0.5) is 4.79 Å². The molecule has 3 atom stereocenters. The molecule has 3 unspecified atom stereocenters. The number of aliphatic hydroxyl groups is 1. The van der Waals surface area contributed by atoms with Gasteiger partial charge in [-0.25, -0.2) is 9.69 Å². The van der Waals surface area contributed by atoms with Crippen molar-refractivity contribution in [2.24, 2.45) is 5.92 Å². The SMILES string of the molecule is CC(C)C1C(=O)NC(=O)N1C(=O)C12OOC1(O)O2. The number of fused-ring (bicyclic) bond motifs is 1. The second kappa shape index (κ2) is 3.06. The fourth-order valence-electron chi connectivity index (χ4n) is 2.07. The van der Waals surface area contributed by atoms with Crippen LogP contribution in [0.2, 0.25) is 0 Å². The highest BCUT2D eigenvalue weighted by Crippen LogP contribution is 2.58. The van der Waals surface area contributed by atoms with Crippen molar-refractivity contribution in [1.29, 1.82) is 0 Å². The monoisotopic (exact) mass is 258 g/mol. The van der Waals surface area contributed by atoms with Gasteiger partial charge in [-0.2, -0.15) is 9.78 Å². The molecule has 3 rings (SSSR count). The van der Waals surface area contributed by atoms with Gasteiger partial charge in [-0.3, -0.25) is 19.6 Å². The molecule has 0 aromatic heterocycles. The van der Waals surface area contributed by atoms with Gasteiger partial charge in [-0.05, 0) is 5.92 Å². The Morgan fingerprint density at radius 3 is 2.50 bits per heavy atom. The predicted molar refractivity (Wildman–Crippen MR) is 49.9 cm³/mol. The molecule has 0 bridgehead atoms. The van der Waals surface area contributed by atoms with E-state index in [2.05, 4.69) is 14.5 Å². The zero-order valence-corrected chi connectivity index (χ0v) is 9.50. The van der Waals surface area contributed by atoms with Gasteiger partial charge < -0.3 is 5.11 Å². The zero-order chi connectivity index (χ0) is 13.3. The maximum Gasteiger partial charge on any atom is 0.381 e. The first-order valence-corrected chi connectivity index (χ1v) is 5.30. The largest absolute Gasteiger partial charge is 0.381 e. The quantitative estimate of drug-likeness (QED) is 0.349. The molecule has 0 spiro atoms. The number of hydrogen-bond donors (Lipinski definition) is 2. The van der Waals surface area contributed by atoms with Crippen molar-refractivity contribution in [3.63, 3.8) is 0 Å². The summed E-state index contributed by atoms with van der Waals surface area (Å²) in [7, 11) is 0. The van der Waals surface area contributed by atoms with E-state index in [0.29, 0.717) is 4.90 Å². The predicted octanol–water partition coefficient (Wildman–Crippen LogP) is -1.58. The summed E-state index contributed by atoms with van der Waals surface area (Å²) < 4.78 is 4.62. The lowest BCUT2D eigenvalue weighted by atomic mass is 10.0. The Balaban J connectivity index is 1.89. The van der Waals surface area contributed by atoms with E-state index in [1.165, 1.54) is 0 Å². The molecule has 3 saturated heterocycles. The van der Waals surface area contributed by atoms with Crippen molar-refractivity contribution >= 4 is 17.8 Å². The molecule has 0 radical (unpaired) electrons. The van der Waals surface area contributed by atoms with Gasteiger partial charge >= 0.3 is 23.7 Å². The molecule has 9 nitrogen and oxygen atoms in total. The molecule has 3 aliphatic heterocycles. The van der Waals surface area contributed by atoms with Crippen LogP contribution < -0.4 is 5.32 Å². The summed E-state index contributed by atoms with van der Waals surface area (Å²) in [4.78, 5) is 44.6. The van der Waals surface area contributed by atoms with E-state index in [1.54, 1.807) is 13.8 Å². The molecule has 3 fully saturated rings. The van der Waals surface area contributed by atoms with E-state index < -0.39 is 35.6 Å². The first-order chi connectivity index (χ1) is 8.32. The average Bonchev–Trinajstić information content (AvgIpc) is 2.58. The van der Waals surface area contributed by atoms with E-state index in [1.807, 2.05) is 5.32 Å².